The number of alkyl halides is 1. The molecule has 0 rings (SSSR count). The topological polar surface area (TPSA) is 20.2 Å². The summed E-state index contributed by atoms with van der Waals surface area (Å²) in [6.07, 6.45) is -0.234. The Bertz CT molecular complexity index is 65.4. The minimum Gasteiger partial charge on any atom is -0.392 e. The second-order valence-corrected chi connectivity index (χ2v) is 3.68. The monoisotopic (exact) mass is 180 g/mol. The van der Waals surface area contributed by atoms with E-state index in [1.165, 1.54) is 0 Å². The number of halogens is 1. The van der Waals surface area contributed by atoms with Gasteiger partial charge < -0.3 is 5.11 Å². The minimum absolute atomic E-state index is 0.0174. The molecule has 8 heavy (non-hydrogen) atoms. The Balaban J connectivity index is 3.62. The smallest absolute Gasteiger partial charge is 0.0685 e. The van der Waals surface area contributed by atoms with Gasteiger partial charge in [-0.25, -0.2) is 0 Å². The molecule has 0 bridgehead atoms. The molecule has 0 radical (unpaired) electrons. The quantitative estimate of drug-likeness (QED) is 0.611. The molecule has 1 nitrogen and oxygen atoms in total. The molecule has 0 saturated carbocycles. The summed E-state index contributed by atoms with van der Waals surface area (Å²) in [6.45, 7) is 6.04. The van der Waals surface area contributed by atoms with E-state index in [0.717, 1.165) is 0 Å². The molecule has 50 valence electrons. The van der Waals surface area contributed by atoms with E-state index in [4.69, 9.17) is 5.11 Å². The Morgan fingerprint density at radius 3 is 1.88 bits per heavy atom. The lowest BCUT2D eigenvalue weighted by atomic mass is 9.91. The molecule has 2 heteroatoms. The number of aliphatic hydroxyl groups is 1. The molecule has 0 aliphatic rings. The Morgan fingerprint density at radius 2 is 1.88 bits per heavy atom. The van der Waals surface area contributed by atoms with Crippen LogP contribution in [0.5, 0.6) is 0 Å². The highest BCUT2D eigenvalue weighted by atomic mass is 79.9. The van der Waals surface area contributed by atoms with Crippen molar-refractivity contribution in [3.05, 3.63) is 0 Å². The van der Waals surface area contributed by atoms with Crippen LogP contribution in [0.3, 0.4) is 0 Å². The molecule has 0 aromatic heterocycles. The van der Waals surface area contributed by atoms with Crippen LogP contribution in [-0.2, 0) is 0 Å². The molecule has 0 fully saturated rings. The Hall–Kier alpha value is 0.440. The summed E-state index contributed by atoms with van der Waals surface area (Å²) < 4.78 is 0. The van der Waals surface area contributed by atoms with Gasteiger partial charge in [-0.3, -0.25) is 0 Å². The van der Waals surface area contributed by atoms with Gasteiger partial charge in [0.05, 0.1) is 6.10 Å². The van der Waals surface area contributed by atoms with Gasteiger partial charge in [0.15, 0.2) is 0 Å². The lowest BCUT2D eigenvalue weighted by Gasteiger charge is -2.23. The molecule has 0 aliphatic carbocycles. The molecule has 0 aromatic carbocycles. The van der Waals surface area contributed by atoms with E-state index in [1.54, 1.807) is 0 Å². The highest BCUT2D eigenvalue weighted by Crippen LogP contribution is 2.19. The SMILES string of the molecule is CC(C)(C)[C@H](O)CBr. The van der Waals surface area contributed by atoms with Gasteiger partial charge in [0.1, 0.15) is 0 Å². The first-order valence-corrected chi connectivity index (χ1v) is 3.84. The van der Waals surface area contributed by atoms with E-state index >= 15 is 0 Å². The molecule has 0 heterocycles. The van der Waals surface area contributed by atoms with Crippen LogP contribution in [0.1, 0.15) is 20.8 Å². The summed E-state index contributed by atoms with van der Waals surface area (Å²) >= 11 is 3.20. The van der Waals surface area contributed by atoms with Crippen LogP contribution in [0.2, 0.25) is 0 Å². The molecule has 0 saturated heterocycles. The summed E-state index contributed by atoms with van der Waals surface area (Å²) in [5.74, 6) is 0. The van der Waals surface area contributed by atoms with Gasteiger partial charge in [-0.1, -0.05) is 36.7 Å². The first-order valence-electron chi connectivity index (χ1n) is 2.72. The van der Waals surface area contributed by atoms with Crippen molar-refractivity contribution in [3.8, 4) is 0 Å². The lowest BCUT2D eigenvalue weighted by Crippen LogP contribution is -2.26. The molecule has 1 N–H and O–H groups in total. The zero-order chi connectivity index (χ0) is 6.78. The first-order chi connectivity index (χ1) is 3.48. The zero-order valence-corrected chi connectivity index (χ0v) is 7.20. The third-order valence-corrected chi connectivity index (χ3v) is 1.76. The van der Waals surface area contributed by atoms with Gasteiger partial charge in [0, 0.05) is 5.33 Å². The Kier molecular flexibility index (Phi) is 2.99. The van der Waals surface area contributed by atoms with Gasteiger partial charge >= 0.3 is 0 Å². The second kappa shape index (κ2) is 2.83. The van der Waals surface area contributed by atoms with Crippen LogP contribution in [0.15, 0.2) is 0 Å². The van der Waals surface area contributed by atoms with E-state index in [9.17, 15) is 0 Å². The normalized spacial score (nSPS) is 16.1. The summed E-state index contributed by atoms with van der Waals surface area (Å²) in [7, 11) is 0. The maximum Gasteiger partial charge on any atom is 0.0685 e. The molecule has 0 spiro atoms. The van der Waals surface area contributed by atoms with E-state index in [0.29, 0.717) is 5.33 Å². The van der Waals surface area contributed by atoms with Crippen LogP contribution < -0.4 is 0 Å². The largest absolute Gasteiger partial charge is 0.392 e. The fourth-order valence-corrected chi connectivity index (χ4v) is 1.20. The van der Waals surface area contributed by atoms with Gasteiger partial charge in [0.2, 0.25) is 0 Å². The van der Waals surface area contributed by atoms with Crippen molar-refractivity contribution in [1.82, 2.24) is 0 Å². The highest BCUT2D eigenvalue weighted by molar-refractivity contribution is 9.09. The number of hydrogen-bond donors (Lipinski definition) is 1. The van der Waals surface area contributed by atoms with Crippen LogP contribution in [-0.4, -0.2) is 16.5 Å². The van der Waals surface area contributed by atoms with Crippen LogP contribution in [0, 0.1) is 5.41 Å². The van der Waals surface area contributed by atoms with Crippen molar-refractivity contribution in [2.45, 2.75) is 26.9 Å². The van der Waals surface area contributed by atoms with Crippen molar-refractivity contribution in [3.63, 3.8) is 0 Å². The summed E-state index contributed by atoms with van der Waals surface area (Å²) in [4.78, 5) is 0. The maximum absolute atomic E-state index is 9.15. The Morgan fingerprint density at radius 1 is 1.50 bits per heavy atom. The average Bonchev–Trinajstić information content (AvgIpc) is 1.62. The fourth-order valence-electron chi connectivity index (χ4n) is 0.231. The van der Waals surface area contributed by atoms with Crippen LogP contribution in [0.25, 0.3) is 0 Å². The third-order valence-electron chi connectivity index (χ3n) is 1.15. The van der Waals surface area contributed by atoms with Crippen molar-refractivity contribution in [2.24, 2.45) is 5.41 Å². The number of rotatable bonds is 1. The summed E-state index contributed by atoms with van der Waals surface area (Å²) in [5, 5.41) is 9.81. The number of aliphatic hydroxyl groups excluding tert-OH is 1. The molecular formula is C6H13BrO. The zero-order valence-electron chi connectivity index (χ0n) is 5.61. The fraction of sp³-hybridized carbons (Fsp3) is 1.00. The van der Waals surface area contributed by atoms with Crippen molar-refractivity contribution in [2.75, 3.05) is 5.33 Å². The maximum atomic E-state index is 9.15. The standard InChI is InChI=1S/C6H13BrO/c1-6(2,3)5(8)4-7/h5,8H,4H2,1-3H3/t5-/m1/s1. The predicted octanol–water partition coefficient (Wildman–Crippen LogP) is 1.79. The summed E-state index contributed by atoms with van der Waals surface area (Å²) in [5.41, 5.74) is 0.0174. The van der Waals surface area contributed by atoms with E-state index in [-0.39, 0.29) is 11.5 Å². The predicted molar refractivity (Wildman–Crippen MR) is 39.3 cm³/mol. The second-order valence-electron chi connectivity index (χ2n) is 3.04. The molecule has 0 unspecified atom stereocenters. The molecular weight excluding hydrogens is 168 g/mol. The summed E-state index contributed by atoms with van der Waals surface area (Å²) in [6, 6.07) is 0. The molecule has 0 amide bonds. The van der Waals surface area contributed by atoms with E-state index < -0.39 is 0 Å². The van der Waals surface area contributed by atoms with Crippen LogP contribution in [0.4, 0.5) is 0 Å². The molecule has 0 aliphatic heterocycles. The van der Waals surface area contributed by atoms with Gasteiger partial charge in [-0.05, 0) is 5.41 Å². The van der Waals surface area contributed by atoms with Crippen molar-refractivity contribution >= 4 is 15.9 Å². The van der Waals surface area contributed by atoms with Gasteiger partial charge in [-0.2, -0.15) is 0 Å². The van der Waals surface area contributed by atoms with Crippen molar-refractivity contribution < 1.29 is 5.11 Å². The minimum atomic E-state index is -0.234. The highest BCUT2D eigenvalue weighted by Gasteiger charge is 2.19. The lowest BCUT2D eigenvalue weighted by molar-refractivity contribution is 0.0853. The van der Waals surface area contributed by atoms with Crippen molar-refractivity contribution in [1.29, 1.82) is 0 Å². The van der Waals surface area contributed by atoms with Gasteiger partial charge in [-0.15, -0.1) is 0 Å². The Labute approximate surface area is 59.2 Å². The first kappa shape index (κ1) is 8.44. The third kappa shape index (κ3) is 2.68. The van der Waals surface area contributed by atoms with E-state index in [1.807, 2.05) is 20.8 Å². The molecule has 1 atom stereocenters. The van der Waals surface area contributed by atoms with Gasteiger partial charge in [0.25, 0.3) is 0 Å². The molecule has 0 aromatic rings. The number of hydrogen-bond acceptors (Lipinski definition) is 1. The average molecular weight is 181 g/mol. The van der Waals surface area contributed by atoms with E-state index in [2.05, 4.69) is 15.9 Å². The van der Waals surface area contributed by atoms with Crippen LogP contribution >= 0.6 is 15.9 Å².